The number of nitrogens with one attached hydrogen (secondary N) is 2. The van der Waals surface area contributed by atoms with E-state index in [0.717, 1.165) is 17.5 Å². The molecule has 2 saturated carbocycles. The molecule has 0 radical (unpaired) electrons. The fourth-order valence-corrected chi connectivity index (χ4v) is 4.25. The number of hydrogen-bond acceptors (Lipinski definition) is 3. The summed E-state index contributed by atoms with van der Waals surface area (Å²) in [5, 5.41) is 7.54. The topological polar surface area (TPSA) is 50.4 Å². The molecule has 0 aromatic heterocycles. The van der Waals surface area contributed by atoms with E-state index in [0.29, 0.717) is 28.3 Å². The second-order valence-electron chi connectivity index (χ2n) is 6.29. The van der Waals surface area contributed by atoms with Crippen LogP contribution in [0.5, 0.6) is 0 Å². The SMILES string of the molecule is CCOC(=O)c1ccc(NC(=S)N[C@@H]2C[C@H]3CC[C@H]2C3)cc1Cl. The van der Waals surface area contributed by atoms with Gasteiger partial charge < -0.3 is 15.4 Å². The molecular weight excluding hydrogens is 332 g/mol. The number of carbonyl (C=O) groups excluding carboxylic acids is 1. The predicted octanol–water partition coefficient (Wildman–Crippen LogP) is 3.99. The van der Waals surface area contributed by atoms with Crippen LogP contribution in [0.1, 0.15) is 43.0 Å². The van der Waals surface area contributed by atoms with Crippen LogP contribution in [0.2, 0.25) is 5.02 Å². The number of esters is 1. The van der Waals surface area contributed by atoms with Crippen LogP contribution in [0.25, 0.3) is 0 Å². The molecule has 124 valence electrons. The average molecular weight is 353 g/mol. The zero-order valence-electron chi connectivity index (χ0n) is 13.1. The van der Waals surface area contributed by atoms with Crippen molar-refractivity contribution in [1.29, 1.82) is 0 Å². The first-order valence-electron chi connectivity index (χ1n) is 8.11. The molecule has 0 aliphatic heterocycles. The van der Waals surface area contributed by atoms with Crippen molar-refractivity contribution in [2.24, 2.45) is 11.8 Å². The Morgan fingerprint density at radius 3 is 2.83 bits per heavy atom. The summed E-state index contributed by atoms with van der Waals surface area (Å²) < 4.78 is 4.96. The first-order valence-corrected chi connectivity index (χ1v) is 8.89. The zero-order chi connectivity index (χ0) is 16.4. The van der Waals surface area contributed by atoms with Crippen LogP contribution in [0.4, 0.5) is 5.69 Å². The number of benzene rings is 1. The third-order valence-corrected chi connectivity index (χ3v) is 5.31. The van der Waals surface area contributed by atoms with Gasteiger partial charge in [0.05, 0.1) is 17.2 Å². The second kappa shape index (κ2) is 7.05. The number of ether oxygens (including phenoxy) is 1. The van der Waals surface area contributed by atoms with Crippen molar-refractivity contribution in [3.8, 4) is 0 Å². The van der Waals surface area contributed by atoms with E-state index in [1.165, 1.54) is 25.7 Å². The number of thiocarbonyl (C=S) groups is 1. The van der Waals surface area contributed by atoms with Gasteiger partial charge in [-0.05, 0) is 68.4 Å². The summed E-state index contributed by atoms with van der Waals surface area (Å²) in [6.45, 7) is 2.09. The number of hydrogen-bond donors (Lipinski definition) is 2. The first kappa shape index (κ1) is 16.5. The predicted molar refractivity (Wildman–Crippen MR) is 96.0 cm³/mol. The molecule has 6 heteroatoms. The van der Waals surface area contributed by atoms with Crippen molar-refractivity contribution in [3.05, 3.63) is 28.8 Å². The number of fused-ring (bicyclic) bond motifs is 2. The molecule has 2 aliphatic rings. The Bertz CT molecular complexity index is 623. The van der Waals surface area contributed by atoms with E-state index in [2.05, 4.69) is 10.6 Å². The molecule has 0 saturated heterocycles. The summed E-state index contributed by atoms with van der Waals surface area (Å²) in [6.07, 6.45) is 5.23. The standard InChI is InChI=1S/C17H21ClN2O2S/c1-2-22-16(21)13-6-5-12(9-14(13)18)19-17(23)20-15-8-10-3-4-11(15)7-10/h5-6,9-11,15H,2-4,7-8H2,1H3,(H2,19,20,23)/t10-,11-,15+/m0/s1. The molecule has 1 aromatic carbocycles. The fourth-order valence-electron chi connectivity index (χ4n) is 3.72. The van der Waals surface area contributed by atoms with E-state index < -0.39 is 5.97 Å². The summed E-state index contributed by atoms with van der Waals surface area (Å²) in [6, 6.07) is 5.63. The van der Waals surface area contributed by atoms with Gasteiger partial charge in [0.1, 0.15) is 0 Å². The van der Waals surface area contributed by atoms with Crippen molar-refractivity contribution < 1.29 is 9.53 Å². The normalized spacial score (nSPS) is 25.2. The Balaban J connectivity index is 1.58. The van der Waals surface area contributed by atoms with Crippen molar-refractivity contribution in [3.63, 3.8) is 0 Å². The second-order valence-corrected chi connectivity index (χ2v) is 7.11. The van der Waals surface area contributed by atoms with Crippen molar-refractivity contribution in [2.75, 3.05) is 11.9 Å². The van der Waals surface area contributed by atoms with Crippen molar-refractivity contribution in [1.82, 2.24) is 5.32 Å². The molecule has 0 heterocycles. The summed E-state index contributed by atoms with van der Waals surface area (Å²) in [7, 11) is 0. The Labute approximate surface area is 146 Å². The van der Waals surface area contributed by atoms with Gasteiger partial charge in [0.25, 0.3) is 0 Å². The lowest BCUT2D eigenvalue weighted by Crippen LogP contribution is -2.40. The van der Waals surface area contributed by atoms with Gasteiger partial charge in [-0.15, -0.1) is 0 Å². The van der Waals surface area contributed by atoms with Gasteiger partial charge in [0, 0.05) is 11.7 Å². The van der Waals surface area contributed by atoms with Crippen LogP contribution >= 0.6 is 23.8 Å². The summed E-state index contributed by atoms with van der Waals surface area (Å²) in [4.78, 5) is 11.7. The highest BCUT2D eigenvalue weighted by Gasteiger charge is 2.39. The third-order valence-electron chi connectivity index (χ3n) is 4.78. The number of halogens is 1. The fraction of sp³-hybridized carbons (Fsp3) is 0.529. The van der Waals surface area contributed by atoms with E-state index in [1.54, 1.807) is 25.1 Å². The van der Waals surface area contributed by atoms with E-state index in [9.17, 15) is 4.79 Å². The van der Waals surface area contributed by atoms with E-state index in [1.807, 2.05) is 0 Å². The van der Waals surface area contributed by atoms with Gasteiger partial charge in [-0.2, -0.15) is 0 Å². The van der Waals surface area contributed by atoms with Crippen LogP contribution in [-0.4, -0.2) is 23.7 Å². The van der Waals surface area contributed by atoms with Crippen molar-refractivity contribution >= 4 is 40.6 Å². The number of rotatable bonds is 4. The highest BCUT2D eigenvalue weighted by molar-refractivity contribution is 7.80. The third kappa shape index (κ3) is 3.78. The molecule has 0 amide bonds. The summed E-state index contributed by atoms with van der Waals surface area (Å²) in [5.74, 6) is 1.22. The Hall–Kier alpha value is -1.33. The summed E-state index contributed by atoms with van der Waals surface area (Å²) in [5.41, 5.74) is 1.13. The van der Waals surface area contributed by atoms with Crippen LogP contribution in [-0.2, 0) is 4.74 Å². The van der Waals surface area contributed by atoms with E-state index in [-0.39, 0.29) is 0 Å². The van der Waals surface area contributed by atoms with Gasteiger partial charge in [-0.1, -0.05) is 18.0 Å². The van der Waals surface area contributed by atoms with Gasteiger partial charge in [-0.3, -0.25) is 0 Å². The lowest BCUT2D eigenvalue weighted by molar-refractivity contribution is 0.0526. The Morgan fingerprint density at radius 2 is 2.22 bits per heavy atom. The molecule has 23 heavy (non-hydrogen) atoms. The monoisotopic (exact) mass is 352 g/mol. The lowest BCUT2D eigenvalue weighted by Gasteiger charge is -2.24. The smallest absolute Gasteiger partial charge is 0.339 e. The molecule has 4 nitrogen and oxygen atoms in total. The maximum absolute atomic E-state index is 11.7. The maximum atomic E-state index is 11.7. The first-order chi connectivity index (χ1) is 11.1. The summed E-state index contributed by atoms with van der Waals surface area (Å²) >= 11 is 11.6. The van der Waals surface area contributed by atoms with Crippen LogP contribution in [0.15, 0.2) is 18.2 Å². The molecule has 2 aliphatic carbocycles. The highest BCUT2D eigenvalue weighted by atomic mass is 35.5. The van der Waals surface area contributed by atoms with Gasteiger partial charge >= 0.3 is 5.97 Å². The highest BCUT2D eigenvalue weighted by Crippen LogP contribution is 2.44. The van der Waals surface area contributed by atoms with E-state index >= 15 is 0 Å². The molecular formula is C17H21ClN2O2S. The zero-order valence-corrected chi connectivity index (χ0v) is 14.7. The molecule has 2 N–H and O–H groups in total. The molecule has 3 rings (SSSR count). The maximum Gasteiger partial charge on any atom is 0.339 e. The quantitative estimate of drug-likeness (QED) is 0.633. The molecule has 3 atom stereocenters. The van der Waals surface area contributed by atoms with Crippen LogP contribution < -0.4 is 10.6 Å². The molecule has 0 unspecified atom stereocenters. The minimum atomic E-state index is -0.410. The largest absolute Gasteiger partial charge is 0.462 e. The molecule has 2 fully saturated rings. The van der Waals surface area contributed by atoms with Crippen molar-refractivity contribution in [2.45, 2.75) is 38.6 Å². The van der Waals surface area contributed by atoms with Gasteiger partial charge in [-0.25, -0.2) is 4.79 Å². The Kier molecular flexibility index (Phi) is 5.07. The molecule has 1 aromatic rings. The minimum absolute atomic E-state index is 0.326. The van der Waals surface area contributed by atoms with Gasteiger partial charge in [0.15, 0.2) is 5.11 Å². The average Bonchev–Trinajstić information content (AvgIpc) is 3.10. The van der Waals surface area contributed by atoms with E-state index in [4.69, 9.17) is 28.6 Å². The minimum Gasteiger partial charge on any atom is -0.462 e. The number of anilines is 1. The van der Waals surface area contributed by atoms with Gasteiger partial charge in [0.2, 0.25) is 0 Å². The number of carbonyl (C=O) groups is 1. The molecule has 2 bridgehead atoms. The lowest BCUT2D eigenvalue weighted by atomic mass is 9.96. The van der Waals surface area contributed by atoms with Crippen LogP contribution in [0, 0.1) is 11.8 Å². The Morgan fingerprint density at radius 1 is 1.39 bits per heavy atom. The molecule has 0 spiro atoms. The van der Waals surface area contributed by atoms with Crippen LogP contribution in [0.3, 0.4) is 0 Å².